The van der Waals surface area contributed by atoms with Crippen LogP contribution in [0, 0.1) is 5.41 Å². The van der Waals surface area contributed by atoms with Gasteiger partial charge in [-0.2, -0.15) is 0 Å². The van der Waals surface area contributed by atoms with Crippen LogP contribution in [-0.2, 0) is 41.8 Å². The maximum Gasteiger partial charge on any atom is 0.500 e. The number of aliphatic hydroxyl groups excluding tert-OH is 1. The molecule has 0 spiro atoms. The first-order valence-corrected chi connectivity index (χ1v) is 11.8. The van der Waals surface area contributed by atoms with Gasteiger partial charge >= 0.3 is 20.7 Å². The second kappa shape index (κ2) is 13.9. The molecular weight excluding hydrogens is 416 g/mol. The third-order valence-corrected chi connectivity index (χ3v) is 7.71. The van der Waals surface area contributed by atoms with Crippen molar-refractivity contribution in [2.75, 3.05) is 61.0 Å². The predicted octanol–water partition coefficient (Wildman–Crippen LogP) is 0.701. The number of carbonyl (C=O) groups is 2. The van der Waals surface area contributed by atoms with Crippen molar-refractivity contribution in [3.05, 3.63) is 12.2 Å². The zero-order valence-electron chi connectivity index (χ0n) is 18.2. The van der Waals surface area contributed by atoms with Gasteiger partial charge in [0, 0.05) is 46.1 Å². The van der Waals surface area contributed by atoms with Gasteiger partial charge in [0.1, 0.15) is 19.3 Å². The van der Waals surface area contributed by atoms with E-state index in [0.717, 1.165) is 18.6 Å². The van der Waals surface area contributed by atoms with E-state index in [1.165, 1.54) is 21.3 Å². The topological polar surface area (TPSA) is 119 Å². The molecule has 1 fully saturated rings. The Balaban J connectivity index is 2.14. The summed E-state index contributed by atoms with van der Waals surface area (Å²) in [6, 6.07) is 0.578. The van der Waals surface area contributed by atoms with Crippen LogP contribution in [0.15, 0.2) is 12.2 Å². The third-order valence-electron chi connectivity index (χ3n) is 4.88. The second-order valence-electron chi connectivity index (χ2n) is 7.05. The number of hydrogen-bond donors (Lipinski definition) is 1. The normalized spacial score (nSPS) is 16.8. The molecule has 0 saturated carbocycles. The van der Waals surface area contributed by atoms with E-state index in [2.05, 4.69) is 0 Å². The molecule has 0 amide bonds. The standard InChI is InChI=1S/C19H34O10Si/c1-5-19(13-27-14-19)15-29-18(22)8-7-17(21)28-12-16(20)11-26-9-6-10-30(23-2,24-3)25-4/h7-8,16,20H,5-6,9-15H2,1-4H3. The zero-order chi connectivity index (χ0) is 22.5. The molecule has 0 aromatic carbocycles. The average molecular weight is 451 g/mol. The van der Waals surface area contributed by atoms with Crippen LogP contribution in [-0.4, -0.2) is 92.9 Å². The van der Waals surface area contributed by atoms with Crippen molar-refractivity contribution < 1.29 is 46.9 Å². The van der Waals surface area contributed by atoms with E-state index < -0.39 is 26.8 Å². The van der Waals surface area contributed by atoms with Crippen molar-refractivity contribution in [2.24, 2.45) is 5.41 Å². The Bertz CT molecular complexity index is 532. The van der Waals surface area contributed by atoms with Gasteiger partial charge in [0.05, 0.1) is 25.2 Å². The first-order chi connectivity index (χ1) is 14.3. The Hall–Kier alpha value is -1.34. The highest BCUT2D eigenvalue weighted by atomic mass is 28.4. The number of rotatable bonds is 16. The summed E-state index contributed by atoms with van der Waals surface area (Å²) in [6.07, 6.45) is 2.47. The van der Waals surface area contributed by atoms with Crippen molar-refractivity contribution in [1.82, 2.24) is 0 Å². The summed E-state index contributed by atoms with van der Waals surface area (Å²) in [4.78, 5) is 23.3. The van der Waals surface area contributed by atoms with Crippen molar-refractivity contribution in [2.45, 2.75) is 31.9 Å². The van der Waals surface area contributed by atoms with Crippen LogP contribution < -0.4 is 0 Å². The SMILES string of the molecule is CCC1(COC(=O)C=CC(=O)OCC(O)COCCC[Si](OC)(OC)OC)COC1. The fraction of sp³-hybridized carbons (Fsp3) is 0.789. The summed E-state index contributed by atoms with van der Waals surface area (Å²) in [6.45, 7) is 3.51. The van der Waals surface area contributed by atoms with E-state index >= 15 is 0 Å². The first-order valence-electron chi connectivity index (χ1n) is 9.85. The molecule has 30 heavy (non-hydrogen) atoms. The molecular formula is C19H34O10Si. The quantitative estimate of drug-likeness (QED) is 0.156. The lowest BCUT2D eigenvalue weighted by Gasteiger charge is -2.39. The Morgan fingerprint density at radius 3 is 2.17 bits per heavy atom. The highest BCUT2D eigenvalue weighted by Gasteiger charge is 2.38. The molecule has 1 rings (SSSR count). The smallest absolute Gasteiger partial charge is 0.462 e. The van der Waals surface area contributed by atoms with E-state index in [0.29, 0.717) is 32.3 Å². The van der Waals surface area contributed by atoms with E-state index in [-0.39, 0.29) is 25.2 Å². The van der Waals surface area contributed by atoms with E-state index in [4.69, 9.17) is 32.2 Å². The molecule has 174 valence electrons. The monoisotopic (exact) mass is 450 g/mol. The lowest BCUT2D eigenvalue weighted by Crippen LogP contribution is -2.46. The molecule has 1 saturated heterocycles. The van der Waals surface area contributed by atoms with Crippen molar-refractivity contribution >= 4 is 20.7 Å². The molecule has 1 N–H and O–H groups in total. The summed E-state index contributed by atoms with van der Waals surface area (Å²) in [7, 11) is 1.99. The Kier molecular flexibility index (Phi) is 12.3. The summed E-state index contributed by atoms with van der Waals surface area (Å²) in [5.41, 5.74) is -0.117. The molecule has 1 aliphatic heterocycles. The Labute approximate surface area is 178 Å². The molecule has 0 bridgehead atoms. The number of ether oxygens (including phenoxy) is 4. The molecule has 0 aliphatic carbocycles. The third kappa shape index (κ3) is 9.21. The maximum atomic E-state index is 11.7. The van der Waals surface area contributed by atoms with E-state index in [1.807, 2.05) is 6.92 Å². The number of aliphatic hydroxyl groups is 1. The predicted molar refractivity (Wildman–Crippen MR) is 108 cm³/mol. The minimum absolute atomic E-state index is 0.00170. The highest BCUT2D eigenvalue weighted by molar-refractivity contribution is 6.60. The molecule has 0 radical (unpaired) electrons. The van der Waals surface area contributed by atoms with Crippen molar-refractivity contribution in [3.8, 4) is 0 Å². The Morgan fingerprint density at radius 2 is 1.67 bits per heavy atom. The summed E-state index contributed by atoms with van der Waals surface area (Å²) in [5.74, 6) is -1.38. The fourth-order valence-corrected chi connectivity index (χ4v) is 4.32. The molecule has 1 unspecified atom stereocenters. The van der Waals surface area contributed by atoms with Gasteiger partial charge in [0.15, 0.2) is 0 Å². The molecule has 1 heterocycles. The van der Waals surface area contributed by atoms with Crippen molar-refractivity contribution in [3.63, 3.8) is 0 Å². The van der Waals surface area contributed by atoms with Crippen LogP contribution in [0.25, 0.3) is 0 Å². The van der Waals surface area contributed by atoms with E-state index in [9.17, 15) is 14.7 Å². The van der Waals surface area contributed by atoms with Crippen molar-refractivity contribution in [1.29, 1.82) is 0 Å². The van der Waals surface area contributed by atoms with Crippen LogP contribution in [0.5, 0.6) is 0 Å². The van der Waals surface area contributed by atoms with Gasteiger partial charge in [-0.3, -0.25) is 0 Å². The number of esters is 2. The summed E-state index contributed by atoms with van der Waals surface area (Å²) < 4.78 is 36.4. The summed E-state index contributed by atoms with van der Waals surface area (Å²) >= 11 is 0. The van der Waals surface area contributed by atoms with E-state index in [1.54, 1.807) is 0 Å². The lowest BCUT2D eigenvalue weighted by molar-refractivity contribution is -0.166. The van der Waals surface area contributed by atoms with Gasteiger partial charge in [-0.25, -0.2) is 9.59 Å². The number of carbonyl (C=O) groups excluding carboxylic acids is 2. The minimum Gasteiger partial charge on any atom is -0.462 e. The lowest BCUT2D eigenvalue weighted by atomic mass is 9.84. The fourth-order valence-electron chi connectivity index (χ4n) is 2.63. The zero-order valence-corrected chi connectivity index (χ0v) is 19.2. The minimum atomic E-state index is -2.62. The van der Waals surface area contributed by atoms with Crippen LogP contribution in [0.2, 0.25) is 6.04 Å². The van der Waals surface area contributed by atoms with Gasteiger partial charge in [-0.15, -0.1) is 0 Å². The van der Waals surface area contributed by atoms with Gasteiger partial charge < -0.3 is 37.3 Å². The van der Waals surface area contributed by atoms with Gasteiger partial charge in [-0.05, 0) is 12.8 Å². The van der Waals surface area contributed by atoms with Gasteiger partial charge in [0.2, 0.25) is 0 Å². The molecule has 1 aliphatic rings. The molecule has 11 heteroatoms. The largest absolute Gasteiger partial charge is 0.500 e. The molecule has 1 atom stereocenters. The highest BCUT2D eigenvalue weighted by Crippen LogP contribution is 2.31. The number of hydrogen-bond acceptors (Lipinski definition) is 10. The Morgan fingerprint density at radius 1 is 1.07 bits per heavy atom. The average Bonchev–Trinajstić information content (AvgIpc) is 2.73. The molecule has 10 nitrogen and oxygen atoms in total. The van der Waals surface area contributed by atoms with Gasteiger partial charge in [0.25, 0.3) is 0 Å². The second-order valence-corrected chi connectivity index (χ2v) is 10.1. The first kappa shape index (κ1) is 26.7. The summed E-state index contributed by atoms with van der Waals surface area (Å²) in [5, 5.41) is 9.81. The van der Waals surface area contributed by atoms with Gasteiger partial charge in [-0.1, -0.05) is 6.92 Å². The molecule has 0 aromatic heterocycles. The van der Waals surface area contributed by atoms with Crippen LogP contribution in [0.3, 0.4) is 0 Å². The van der Waals surface area contributed by atoms with Crippen LogP contribution in [0.1, 0.15) is 19.8 Å². The molecule has 0 aromatic rings. The maximum absolute atomic E-state index is 11.7. The van der Waals surface area contributed by atoms with Crippen LogP contribution in [0.4, 0.5) is 0 Å². The van der Waals surface area contributed by atoms with Crippen LogP contribution >= 0.6 is 0 Å².